The Hall–Kier alpha value is -0.820. The summed E-state index contributed by atoms with van der Waals surface area (Å²) in [5.41, 5.74) is 2.76. The summed E-state index contributed by atoms with van der Waals surface area (Å²) in [7, 11) is 0. The van der Waals surface area contributed by atoms with Crippen LogP contribution in [-0.4, -0.2) is 6.04 Å². The van der Waals surface area contributed by atoms with Crippen LogP contribution in [0.25, 0.3) is 0 Å². The fourth-order valence-corrected chi connectivity index (χ4v) is 3.33. The van der Waals surface area contributed by atoms with Crippen LogP contribution in [0.2, 0.25) is 0 Å². The second-order valence-corrected chi connectivity index (χ2v) is 6.31. The van der Waals surface area contributed by atoms with Crippen LogP contribution in [-0.2, 0) is 0 Å². The van der Waals surface area contributed by atoms with E-state index in [9.17, 15) is 0 Å². The Morgan fingerprint density at radius 1 is 1.11 bits per heavy atom. The Balaban J connectivity index is 1.80. The molecule has 0 radical (unpaired) electrons. The molecule has 0 aromatic heterocycles. The molecular weight excluding hydrogens is 230 g/mol. The summed E-state index contributed by atoms with van der Waals surface area (Å²) < 4.78 is 0. The highest BCUT2D eigenvalue weighted by molar-refractivity contribution is 5.23. The Bertz CT molecular complexity index is 360. The maximum atomic E-state index is 3.82. The molecule has 1 aliphatic carbocycles. The van der Waals surface area contributed by atoms with Crippen molar-refractivity contribution >= 4 is 0 Å². The average molecular weight is 259 g/mol. The van der Waals surface area contributed by atoms with Gasteiger partial charge in [0.15, 0.2) is 0 Å². The van der Waals surface area contributed by atoms with E-state index in [-0.39, 0.29) is 0 Å². The van der Waals surface area contributed by atoms with Gasteiger partial charge in [-0.15, -0.1) is 0 Å². The van der Waals surface area contributed by atoms with Crippen molar-refractivity contribution in [3.63, 3.8) is 0 Å². The zero-order valence-corrected chi connectivity index (χ0v) is 12.8. The minimum atomic E-state index is 0.480. The summed E-state index contributed by atoms with van der Waals surface area (Å²) in [6.45, 7) is 6.75. The van der Waals surface area contributed by atoms with Crippen LogP contribution in [0, 0.1) is 12.8 Å². The monoisotopic (exact) mass is 259 g/mol. The van der Waals surface area contributed by atoms with Gasteiger partial charge in [-0.2, -0.15) is 0 Å². The molecule has 1 fully saturated rings. The zero-order chi connectivity index (χ0) is 13.7. The van der Waals surface area contributed by atoms with Gasteiger partial charge in [-0.05, 0) is 51.0 Å². The summed E-state index contributed by atoms with van der Waals surface area (Å²) in [6, 6.07) is 10.2. The third-order valence-electron chi connectivity index (χ3n) is 4.61. The highest BCUT2D eigenvalue weighted by Gasteiger charge is 2.21. The molecule has 0 bridgehead atoms. The fourth-order valence-electron chi connectivity index (χ4n) is 3.33. The molecule has 0 saturated heterocycles. The van der Waals surface area contributed by atoms with Gasteiger partial charge >= 0.3 is 0 Å². The van der Waals surface area contributed by atoms with Crippen molar-refractivity contribution in [2.24, 2.45) is 5.92 Å². The highest BCUT2D eigenvalue weighted by Crippen LogP contribution is 2.29. The molecule has 19 heavy (non-hydrogen) atoms. The van der Waals surface area contributed by atoms with E-state index in [1.54, 1.807) is 0 Å². The van der Waals surface area contributed by atoms with Gasteiger partial charge in [-0.25, -0.2) is 0 Å². The molecule has 0 aliphatic heterocycles. The van der Waals surface area contributed by atoms with Crippen LogP contribution in [0.3, 0.4) is 0 Å². The Morgan fingerprint density at radius 3 is 2.32 bits per heavy atom. The van der Waals surface area contributed by atoms with E-state index in [1.807, 2.05) is 0 Å². The lowest BCUT2D eigenvalue weighted by molar-refractivity contribution is 0.266. The normalized spacial score (nSPS) is 25.2. The maximum Gasteiger partial charge on any atom is 0.0294 e. The fraction of sp³-hybridized carbons (Fsp3) is 0.667. The van der Waals surface area contributed by atoms with Gasteiger partial charge in [0.05, 0.1) is 0 Å². The lowest BCUT2D eigenvalue weighted by Gasteiger charge is -2.31. The van der Waals surface area contributed by atoms with Gasteiger partial charge in [-0.3, -0.25) is 0 Å². The molecule has 1 aliphatic rings. The largest absolute Gasteiger partial charge is 0.307 e. The smallest absolute Gasteiger partial charge is 0.0294 e. The third-order valence-corrected chi connectivity index (χ3v) is 4.61. The van der Waals surface area contributed by atoms with Crippen molar-refractivity contribution in [1.82, 2.24) is 5.32 Å². The molecular formula is C18H29N. The Morgan fingerprint density at radius 2 is 1.74 bits per heavy atom. The molecule has 106 valence electrons. The van der Waals surface area contributed by atoms with Gasteiger partial charge in [0.1, 0.15) is 0 Å². The molecule has 1 aromatic rings. The standard InChI is InChI=1S/C18H29N/c1-4-5-16-8-12-18(13-9-16)19-15(3)17-10-6-14(2)7-11-17/h6-7,10-11,15-16,18-19H,4-5,8-9,12-13H2,1-3H3/t15-,16?,18?/m0/s1. The number of hydrogen-bond acceptors (Lipinski definition) is 1. The number of benzene rings is 1. The summed E-state index contributed by atoms with van der Waals surface area (Å²) in [5, 5.41) is 3.82. The predicted octanol–water partition coefficient (Wildman–Crippen LogP) is 5.00. The van der Waals surface area contributed by atoms with Crippen LogP contribution < -0.4 is 5.32 Å². The second kappa shape index (κ2) is 7.09. The highest BCUT2D eigenvalue weighted by atomic mass is 14.9. The van der Waals surface area contributed by atoms with Crippen LogP contribution in [0.1, 0.15) is 69.5 Å². The van der Waals surface area contributed by atoms with Gasteiger partial charge in [-0.1, -0.05) is 49.6 Å². The molecule has 0 spiro atoms. The van der Waals surface area contributed by atoms with E-state index in [1.165, 1.54) is 49.7 Å². The molecule has 1 N–H and O–H groups in total. The second-order valence-electron chi connectivity index (χ2n) is 6.31. The number of nitrogens with one attached hydrogen (secondary N) is 1. The molecule has 1 saturated carbocycles. The summed E-state index contributed by atoms with van der Waals surface area (Å²) in [5.74, 6) is 0.998. The van der Waals surface area contributed by atoms with E-state index in [2.05, 4.69) is 50.4 Å². The maximum absolute atomic E-state index is 3.82. The minimum absolute atomic E-state index is 0.480. The van der Waals surface area contributed by atoms with Gasteiger partial charge in [0.2, 0.25) is 0 Å². The molecule has 1 aromatic carbocycles. The quantitative estimate of drug-likeness (QED) is 0.784. The Labute approximate surface area is 118 Å². The van der Waals surface area contributed by atoms with Gasteiger partial charge in [0, 0.05) is 12.1 Å². The molecule has 1 nitrogen and oxygen atoms in total. The van der Waals surface area contributed by atoms with E-state index >= 15 is 0 Å². The molecule has 0 heterocycles. The third kappa shape index (κ3) is 4.35. The number of aryl methyl sites for hydroxylation is 1. The lowest BCUT2D eigenvalue weighted by atomic mass is 9.83. The first-order valence-corrected chi connectivity index (χ1v) is 8.01. The molecule has 0 amide bonds. The first-order chi connectivity index (χ1) is 9.19. The van der Waals surface area contributed by atoms with Gasteiger partial charge in [0.25, 0.3) is 0 Å². The molecule has 0 unspecified atom stereocenters. The van der Waals surface area contributed by atoms with Crippen molar-refractivity contribution in [2.45, 2.75) is 71.4 Å². The topological polar surface area (TPSA) is 12.0 Å². The summed E-state index contributed by atoms with van der Waals surface area (Å²) in [6.07, 6.45) is 8.35. The van der Waals surface area contributed by atoms with E-state index in [0.717, 1.165) is 12.0 Å². The van der Waals surface area contributed by atoms with E-state index < -0.39 is 0 Å². The molecule has 2 rings (SSSR count). The van der Waals surface area contributed by atoms with Crippen LogP contribution in [0.15, 0.2) is 24.3 Å². The van der Waals surface area contributed by atoms with Crippen LogP contribution >= 0.6 is 0 Å². The summed E-state index contributed by atoms with van der Waals surface area (Å²) >= 11 is 0. The van der Waals surface area contributed by atoms with Crippen molar-refractivity contribution < 1.29 is 0 Å². The first kappa shape index (κ1) is 14.6. The lowest BCUT2D eigenvalue weighted by Crippen LogP contribution is -2.35. The van der Waals surface area contributed by atoms with Crippen molar-refractivity contribution in [2.75, 3.05) is 0 Å². The van der Waals surface area contributed by atoms with Crippen molar-refractivity contribution in [3.05, 3.63) is 35.4 Å². The molecule has 1 heteroatoms. The van der Waals surface area contributed by atoms with Gasteiger partial charge < -0.3 is 5.32 Å². The summed E-state index contributed by atoms with van der Waals surface area (Å²) in [4.78, 5) is 0. The van der Waals surface area contributed by atoms with E-state index in [4.69, 9.17) is 0 Å². The van der Waals surface area contributed by atoms with Crippen molar-refractivity contribution in [3.8, 4) is 0 Å². The predicted molar refractivity (Wildman–Crippen MR) is 83.4 cm³/mol. The minimum Gasteiger partial charge on any atom is -0.307 e. The Kier molecular flexibility index (Phi) is 5.45. The molecule has 1 atom stereocenters. The average Bonchev–Trinajstić information content (AvgIpc) is 2.42. The SMILES string of the molecule is CCCC1CCC(N[C@@H](C)c2ccc(C)cc2)CC1. The first-order valence-electron chi connectivity index (χ1n) is 8.01. The van der Waals surface area contributed by atoms with E-state index in [0.29, 0.717) is 6.04 Å². The number of hydrogen-bond donors (Lipinski definition) is 1. The zero-order valence-electron chi connectivity index (χ0n) is 12.8. The number of rotatable bonds is 5. The van der Waals surface area contributed by atoms with Crippen molar-refractivity contribution in [1.29, 1.82) is 0 Å². The van der Waals surface area contributed by atoms with Crippen LogP contribution in [0.4, 0.5) is 0 Å². The van der Waals surface area contributed by atoms with Crippen LogP contribution in [0.5, 0.6) is 0 Å².